The molecule has 1 atom stereocenters. The number of aliphatic carboxylic acids is 1. The molecule has 4 nitrogen and oxygen atoms in total. The second-order valence-corrected chi connectivity index (χ2v) is 4.56. The summed E-state index contributed by atoms with van der Waals surface area (Å²) in [4.78, 5) is 21.7. The van der Waals surface area contributed by atoms with Crippen LogP contribution in [0.2, 0.25) is 0 Å². The Kier molecular flexibility index (Phi) is 4.73. The van der Waals surface area contributed by atoms with Gasteiger partial charge in [-0.2, -0.15) is 0 Å². The first-order valence-corrected chi connectivity index (χ1v) is 6.15. The monoisotopic (exact) mass is 240 g/mol. The van der Waals surface area contributed by atoms with Crippen molar-refractivity contribution in [2.24, 2.45) is 5.41 Å². The van der Waals surface area contributed by atoms with Gasteiger partial charge in [0.2, 0.25) is 0 Å². The molecule has 0 bridgehead atoms. The van der Waals surface area contributed by atoms with Crippen molar-refractivity contribution >= 4 is 11.9 Å². The van der Waals surface area contributed by atoms with E-state index in [1.165, 1.54) is 0 Å². The molecule has 1 rings (SSSR count). The fraction of sp³-hybridized carbons (Fsp3) is 0.692. The highest BCUT2D eigenvalue weighted by atomic mass is 16.5. The smallest absolute Gasteiger partial charge is 0.331 e. The molecule has 0 amide bonds. The summed E-state index contributed by atoms with van der Waals surface area (Å²) in [6.45, 7) is 4.23. The Morgan fingerprint density at radius 1 is 1.35 bits per heavy atom. The third-order valence-corrected chi connectivity index (χ3v) is 3.85. The maximum absolute atomic E-state index is 11.5. The van der Waals surface area contributed by atoms with Gasteiger partial charge >= 0.3 is 11.9 Å². The second-order valence-electron chi connectivity index (χ2n) is 4.56. The van der Waals surface area contributed by atoms with Crippen molar-refractivity contribution in [2.45, 2.75) is 52.1 Å². The Bertz CT molecular complexity index is 315. The number of carboxylic acid groups (broad SMARTS) is 1. The van der Waals surface area contributed by atoms with Gasteiger partial charge in [-0.05, 0) is 32.1 Å². The molecule has 0 spiro atoms. The molecule has 4 heteroatoms. The SMILES string of the molecule is CCC1(CC)CCCC1OC(=O)/C=C\C(=O)O. The lowest BCUT2D eigenvalue weighted by atomic mass is 9.79. The van der Waals surface area contributed by atoms with Crippen molar-refractivity contribution < 1.29 is 19.4 Å². The zero-order chi connectivity index (χ0) is 12.9. The second kappa shape index (κ2) is 5.84. The first-order valence-electron chi connectivity index (χ1n) is 6.15. The van der Waals surface area contributed by atoms with Crippen LogP contribution in [0, 0.1) is 5.41 Å². The van der Waals surface area contributed by atoms with E-state index in [9.17, 15) is 9.59 Å². The Morgan fingerprint density at radius 3 is 2.53 bits per heavy atom. The van der Waals surface area contributed by atoms with Gasteiger partial charge in [0.15, 0.2) is 0 Å². The van der Waals surface area contributed by atoms with Crippen LogP contribution in [0.15, 0.2) is 12.2 Å². The van der Waals surface area contributed by atoms with Crippen LogP contribution in [0.5, 0.6) is 0 Å². The van der Waals surface area contributed by atoms with E-state index in [0.717, 1.165) is 44.3 Å². The van der Waals surface area contributed by atoms with E-state index in [2.05, 4.69) is 13.8 Å². The van der Waals surface area contributed by atoms with Crippen molar-refractivity contribution in [2.75, 3.05) is 0 Å². The first kappa shape index (κ1) is 13.7. The molecule has 1 aliphatic carbocycles. The highest BCUT2D eigenvalue weighted by molar-refractivity contribution is 5.90. The van der Waals surface area contributed by atoms with E-state index in [1.54, 1.807) is 0 Å². The van der Waals surface area contributed by atoms with Gasteiger partial charge in [-0.3, -0.25) is 0 Å². The summed E-state index contributed by atoms with van der Waals surface area (Å²) >= 11 is 0. The number of carboxylic acids is 1. The third kappa shape index (κ3) is 3.32. The Hall–Kier alpha value is -1.32. The van der Waals surface area contributed by atoms with Crippen LogP contribution in [0.1, 0.15) is 46.0 Å². The summed E-state index contributed by atoms with van der Waals surface area (Å²) in [7, 11) is 0. The van der Waals surface area contributed by atoms with Crippen LogP contribution in [0.25, 0.3) is 0 Å². The van der Waals surface area contributed by atoms with Gasteiger partial charge in [0.05, 0.1) is 0 Å². The topological polar surface area (TPSA) is 63.6 Å². The lowest BCUT2D eigenvalue weighted by molar-refractivity contribution is -0.149. The van der Waals surface area contributed by atoms with Crippen LogP contribution in [0.3, 0.4) is 0 Å². The number of carbonyl (C=O) groups excluding carboxylic acids is 1. The van der Waals surface area contributed by atoms with Gasteiger partial charge < -0.3 is 9.84 Å². The van der Waals surface area contributed by atoms with E-state index in [0.29, 0.717) is 0 Å². The molecular weight excluding hydrogens is 220 g/mol. The Balaban J connectivity index is 2.61. The molecule has 0 aromatic rings. The first-order chi connectivity index (χ1) is 8.04. The molecule has 1 saturated carbocycles. The summed E-state index contributed by atoms with van der Waals surface area (Å²) in [6.07, 6.45) is 6.75. The van der Waals surface area contributed by atoms with E-state index in [4.69, 9.17) is 9.84 Å². The van der Waals surface area contributed by atoms with Crippen molar-refractivity contribution in [1.82, 2.24) is 0 Å². The van der Waals surface area contributed by atoms with Gasteiger partial charge in [0, 0.05) is 17.6 Å². The Morgan fingerprint density at radius 2 is 2.00 bits per heavy atom. The quantitative estimate of drug-likeness (QED) is 0.592. The lowest BCUT2D eigenvalue weighted by Crippen LogP contribution is -2.32. The number of hydrogen-bond acceptors (Lipinski definition) is 3. The molecule has 0 radical (unpaired) electrons. The minimum atomic E-state index is -1.13. The number of esters is 1. The van der Waals surface area contributed by atoms with E-state index in [-0.39, 0.29) is 11.5 Å². The van der Waals surface area contributed by atoms with Crippen molar-refractivity contribution in [3.8, 4) is 0 Å². The molecule has 0 saturated heterocycles. The summed E-state index contributed by atoms with van der Waals surface area (Å²) in [6, 6.07) is 0. The minimum absolute atomic E-state index is 0.0663. The fourth-order valence-electron chi connectivity index (χ4n) is 2.67. The molecule has 0 aromatic carbocycles. The van der Waals surface area contributed by atoms with Crippen molar-refractivity contribution in [3.05, 3.63) is 12.2 Å². The summed E-state index contributed by atoms with van der Waals surface area (Å²) < 4.78 is 5.37. The zero-order valence-electron chi connectivity index (χ0n) is 10.4. The normalized spacial score (nSPS) is 22.8. The van der Waals surface area contributed by atoms with Crippen LogP contribution < -0.4 is 0 Å². The average molecular weight is 240 g/mol. The van der Waals surface area contributed by atoms with Crippen LogP contribution in [0.4, 0.5) is 0 Å². The predicted molar refractivity (Wildman–Crippen MR) is 63.5 cm³/mol. The molecule has 1 aliphatic rings. The van der Waals surface area contributed by atoms with Gasteiger partial charge in [-0.1, -0.05) is 13.8 Å². The summed E-state index contributed by atoms with van der Waals surface area (Å²) in [5.41, 5.74) is 0.0900. The van der Waals surface area contributed by atoms with Gasteiger partial charge in [-0.25, -0.2) is 9.59 Å². The highest BCUT2D eigenvalue weighted by Gasteiger charge is 2.42. The molecule has 96 valence electrons. The summed E-state index contributed by atoms with van der Waals surface area (Å²) in [5.74, 6) is -1.68. The molecular formula is C13H20O4. The minimum Gasteiger partial charge on any atom is -0.478 e. The number of ether oxygens (including phenoxy) is 1. The fourth-order valence-corrected chi connectivity index (χ4v) is 2.67. The molecule has 0 aliphatic heterocycles. The average Bonchev–Trinajstić information content (AvgIpc) is 2.70. The van der Waals surface area contributed by atoms with E-state index < -0.39 is 11.9 Å². The Labute approximate surface area is 102 Å². The van der Waals surface area contributed by atoms with E-state index in [1.807, 2.05) is 0 Å². The summed E-state index contributed by atoms with van der Waals surface area (Å²) in [5, 5.41) is 8.42. The van der Waals surface area contributed by atoms with Gasteiger partial charge in [-0.15, -0.1) is 0 Å². The third-order valence-electron chi connectivity index (χ3n) is 3.85. The zero-order valence-corrected chi connectivity index (χ0v) is 10.4. The maximum atomic E-state index is 11.5. The molecule has 1 unspecified atom stereocenters. The number of rotatable bonds is 5. The predicted octanol–water partition coefficient (Wildman–Crippen LogP) is 2.53. The van der Waals surface area contributed by atoms with Gasteiger partial charge in [0.25, 0.3) is 0 Å². The van der Waals surface area contributed by atoms with Crippen molar-refractivity contribution in [1.29, 1.82) is 0 Å². The molecule has 0 heterocycles. The number of carbonyl (C=O) groups is 2. The van der Waals surface area contributed by atoms with E-state index >= 15 is 0 Å². The largest absolute Gasteiger partial charge is 0.478 e. The highest BCUT2D eigenvalue weighted by Crippen LogP contribution is 2.45. The van der Waals surface area contributed by atoms with Crippen LogP contribution in [-0.4, -0.2) is 23.1 Å². The molecule has 1 N–H and O–H groups in total. The number of hydrogen-bond donors (Lipinski definition) is 1. The maximum Gasteiger partial charge on any atom is 0.331 e. The standard InChI is InChI=1S/C13H20O4/c1-3-13(4-2)9-5-6-10(13)17-12(16)8-7-11(14)15/h7-8,10H,3-6,9H2,1-2H3,(H,14,15)/b8-7-. The van der Waals surface area contributed by atoms with Gasteiger partial charge in [0.1, 0.15) is 6.10 Å². The lowest BCUT2D eigenvalue weighted by Gasteiger charge is -2.32. The molecule has 0 aromatic heterocycles. The van der Waals surface area contributed by atoms with Crippen LogP contribution >= 0.6 is 0 Å². The molecule has 17 heavy (non-hydrogen) atoms. The molecule has 1 fully saturated rings. The van der Waals surface area contributed by atoms with Crippen LogP contribution in [-0.2, 0) is 14.3 Å². The van der Waals surface area contributed by atoms with Crippen molar-refractivity contribution in [3.63, 3.8) is 0 Å².